The van der Waals surface area contributed by atoms with Gasteiger partial charge in [-0.2, -0.15) is 0 Å². The summed E-state index contributed by atoms with van der Waals surface area (Å²) >= 11 is 0. The van der Waals surface area contributed by atoms with Gasteiger partial charge in [0, 0.05) is 31.8 Å². The molecule has 0 aromatic carbocycles. The molecule has 4 unspecified atom stereocenters. The van der Waals surface area contributed by atoms with E-state index in [0.717, 1.165) is 19.3 Å². The first-order chi connectivity index (χ1) is 14.2. The Balaban J connectivity index is 0.000000320. The van der Waals surface area contributed by atoms with Crippen molar-refractivity contribution in [2.45, 2.75) is 142 Å². The van der Waals surface area contributed by atoms with E-state index in [1.54, 1.807) is 0 Å². The van der Waals surface area contributed by atoms with E-state index in [2.05, 4.69) is 81.6 Å². The molecule has 0 saturated heterocycles. The van der Waals surface area contributed by atoms with Crippen LogP contribution in [0.1, 0.15) is 93.9 Å². The normalized spacial score (nSPS) is 28.2. The summed E-state index contributed by atoms with van der Waals surface area (Å²) in [4.78, 5) is 22.9. The number of hydrogen-bond donors (Lipinski definition) is 0. The van der Waals surface area contributed by atoms with E-state index in [9.17, 15) is 9.59 Å². The van der Waals surface area contributed by atoms with E-state index in [1.807, 2.05) is 0 Å². The van der Waals surface area contributed by atoms with Crippen molar-refractivity contribution in [3.8, 4) is 0 Å². The van der Waals surface area contributed by atoms with Crippen molar-refractivity contribution in [2.24, 2.45) is 11.8 Å². The van der Waals surface area contributed by atoms with Crippen LogP contribution < -0.4 is 0 Å². The van der Waals surface area contributed by atoms with Gasteiger partial charge >= 0.3 is 0 Å². The van der Waals surface area contributed by atoms with Crippen molar-refractivity contribution in [3.63, 3.8) is 0 Å². The molecule has 4 atom stereocenters. The van der Waals surface area contributed by atoms with Crippen LogP contribution in [0.15, 0.2) is 0 Å². The molecule has 2 aliphatic rings. The van der Waals surface area contributed by atoms with Crippen LogP contribution >= 0.6 is 0 Å². The monoisotopic (exact) mass is 484 g/mol. The second kappa shape index (κ2) is 11.0. The fourth-order valence-electron chi connectivity index (χ4n) is 3.94. The third-order valence-corrected chi connectivity index (χ3v) is 17.1. The first kappa shape index (κ1) is 29.7. The number of rotatable bonds is 4. The van der Waals surface area contributed by atoms with E-state index < -0.39 is 16.6 Å². The first-order valence-electron chi connectivity index (χ1n) is 12.6. The summed E-state index contributed by atoms with van der Waals surface area (Å²) in [6.07, 6.45) is 5.26. The molecule has 0 amide bonds. The minimum absolute atomic E-state index is 0.178. The summed E-state index contributed by atoms with van der Waals surface area (Å²) in [5, 5.41) is 0.491. The molecule has 0 aliphatic heterocycles. The molecule has 2 saturated carbocycles. The summed E-state index contributed by atoms with van der Waals surface area (Å²) in [5.41, 5.74) is 0. The number of carbonyl (C=O) groups excluding carboxylic acids is 2. The molecule has 188 valence electrons. The molecule has 0 bridgehead atoms. The van der Waals surface area contributed by atoms with Crippen LogP contribution in [-0.4, -0.2) is 40.4 Å². The average Bonchev–Trinajstić information content (AvgIpc) is 2.54. The van der Waals surface area contributed by atoms with Gasteiger partial charge in [0.05, 0.1) is 6.10 Å². The van der Waals surface area contributed by atoms with Gasteiger partial charge in [-0.15, -0.1) is 0 Å². The second-order valence-corrected chi connectivity index (χ2v) is 23.0. The SMILES string of the molecule is CC1CC(=O)CC(O[Si](C)(C)C(C)(C)C)C1.CC1CC(=O)CCC1O[Si](C)(C)C(C)(C)C. The zero-order valence-electron chi connectivity index (χ0n) is 23.2. The standard InChI is InChI=1S/2C13H26O2Si/c1-10-7-11(14)9-12(8-10)15-16(5,6)13(2,3)4;1-10-9-11(14)7-8-12(10)15-16(5,6)13(2,3)4/h2*10,12H,7-9H2,1-6H3. The van der Waals surface area contributed by atoms with Crippen molar-refractivity contribution in [1.29, 1.82) is 0 Å². The Morgan fingerprint density at radius 1 is 0.750 bits per heavy atom. The van der Waals surface area contributed by atoms with Crippen LogP contribution in [0.3, 0.4) is 0 Å². The number of ketones is 2. The fourth-order valence-corrected chi connectivity index (χ4v) is 6.76. The zero-order valence-corrected chi connectivity index (χ0v) is 25.2. The van der Waals surface area contributed by atoms with E-state index in [-0.39, 0.29) is 16.2 Å². The van der Waals surface area contributed by atoms with Gasteiger partial charge < -0.3 is 8.85 Å². The summed E-state index contributed by atoms with van der Waals surface area (Å²) < 4.78 is 12.7. The van der Waals surface area contributed by atoms with Crippen LogP contribution in [-0.2, 0) is 18.4 Å². The van der Waals surface area contributed by atoms with Crippen molar-refractivity contribution in [3.05, 3.63) is 0 Å². The highest BCUT2D eigenvalue weighted by molar-refractivity contribution is 6.74. The molecule has 0 aromatic heterocycles. The first-order valence-corrected chi connectivity index (χ1v) is 18.5. The highest BCUT2D eigenvalue weighted by atomic mass is 28.4. The Morgan fingerprint density at radius 3 is 1.69 bits per heavy atom. The van der Waals surface area contributed by atoms with E-state index in [1.165, 1.54) is 0 Å². The number of Topliss-reactive ketones (excluding diaryl/α,β-unsaturated/α-hetero) is 2. The van der Waals surface area contributed by atoms with Gasteiger partial charge in [-0.3, -0.25) is 9.59 Å². The summed E-state index contributed by atoms with van der Waals surface area (Å²) in [7, 11) is -3.37. The van der Waals surface area contributed by atoms with Crippen molar-refractivity contribution >= 4 is 28.2 Å². The van der Waals surface area contributed by atoms with Gasteiger partial charge in [0.15, 0.2) is 16.6 Å². The molecule has 0 spiro atoms. The quantitative estimate of drug-likeness (QED) is 0.387. The molecule has 2 fully saturated rings. The third kappa shape index (κ3) is 8.80. The van der Waals surface area contributed by atoms with Crippen LogP contribution in [0.2, 0.25) is 36.3 Å². The fraction of sp³-hybridized carbons (Fsp3) is 0.923. The highest BCUT2D eigenvalue weighted by Gasteiger charge is 2.42. The lowest BCUT2D eigenvalue weighted by atomic mass is 9.87. The molecule has 0 heterocycles. The summed E-state index contributed by atoms with van der Waals surface area (Å²) in [6, 6.07) is 0. The van der Waals surface area contributed by atoms with Gasteiger partial charge in [0.1, 0.15) is 11.6 Å². The van der Waals surface area contributed by atoms with E-state index >= 15 is 0 Å². The van der Waals surface area contributed by atoms with Crippen molar-refractivity contribution in [1.82, 2.24) is 0 Å². The van der Waals surface area contributed by atoms with Gasteiger partial charge in [-0.1, -0.05) is 55.4 Å². The molecule has 0 aromatic rings. The number of carbonyl (C=O) groups is 2. The molecular weight excluding hydrogens is 432 g/mol. The maximum atomic E-state index is 11.6. The lowest BCUT2D eigenvalue weighted by Gasteiger charge is -2.42. The van der Waals surface area contributed by atoms with Crippen molar-refractivity contribution < 1.29 is 18.4 Å². The van der Waals surface area contributed by atoms with E-state index in [4.69, 9.17) is 8.85 Å². The predicted octanol–water partition coefficient (Wildman–Crippen LogP) is 7.53. The molecule has 0 N–H and O–H groups in total. The Labute approximate surface area is 200 Å². The topological polar surface area (TPSA) is 52.6 Å². The van der Waals surface area contributed by atoms with Crippen LogP contribution in [0.4, 0.5) is 0 Å². The van der Waals surface area contributed by atoms with Gasteiger partial charge in [-0.05, 0) is 60.9 Å². The van der Waals surface area contributed by atoms with Crippen molar-refractivity contribution in [2.75, 3.05) is 0 Å². The smallest absolute Gasteiger partial charge is 0.192 e. The van der Waals surface area contributed by atoms with Gasteiger partial charge in [0.2, 0.25) is 0 Å². The lowest BCUT2D eigenvalue weighted by Crippen LogP contribution is -2.46. The minimum Gasteiger partial charge on any atom is -0.414 e. The van der Waals surface area contributed by atoms with E-state index in [0.29, 0.717) is 48.8 Å². The second-order valence-electron chi connectivity index (χ2n) is 13.5. The largest absolute Gasteiger partial charge is 0.414 e. The summed E-state index contributed by atoms with van der Waals surface area (Å²) in [6.45, 7) is 26.9. The average molecular weight is 485 g/mol. The highest BCUT2D eigenvalue weighted by Crippen LogP contribution is 2.40. The van der Waals surface area contributed by atoms with Crippen LogP contribution in [0, 0.1) is 11.8 Å². The maximum absolute atomic E-state index is 11.6. The molecule has 4 nitrogen and oxygen atoms in total. The van der Waals surface area contributed by atoms with Crippen LogP contribution in [0.25, 0.3) is 0 Å². The number of hydrogen-bond acceptors (Lipinski definition) is 4. The lowest BCUT2D eigenvalue weighted by molar-refractivity contribution is -0.124. The molecule has 0 radical (unpaired) electrons. The van der Waals surface area contributed by atoms with Gasteiger partial charge in [-0.25, -0.2) is 0 Å². The van der Waals surface area contributed by atoms with Gasteiger partial charge in [0.25, 0.3) is 0 Å². The third-order valence-electron chi connectivity index (χ3n) is 8.11. The molecular formula is C26H52O4Si2. The Morgan fingerprint density at radius 2 is 1.25 bits per heavy atom. The summed E-state index contributed by atoms with van der Waals surface area (Å²) in [5.74, 6) is 1.68. The molecule has 2 aliphatic carbocycles. The molecule has 2 rings (SSSR count). The Kier molecular flexibility index (Phi) is 10.2. The maximum Gasteiger partial charge on any atom is 0.192 e. The predicted molar refractivity (Wildman–Crippen MR) is 140 cm³/mol. The molecule has 32 heavy (non-hydrogen) atoms. The molecule has 6 heteroatoms. The zero-order chi connectivity index (χ0) is 25.1. The van der Waals surface area contributed by atoms with Crippen LogP contribution in [0.5, 0.6) is 0 Å². The minimum atomic E-state index is -1.70. The Bertz CT molecular complexity index is 643. The Hall–Kier alpha value is -0.306.